The standard InChI is InChI=1S/C13H12N2O/c16-10-4-3-6-11-5-1-2-7-12(11)13-8-9-14-15-13/h1-3,5-10H,4H2,(H,14,15). The first kappa shape index (κ1) is 10.4. The molecule has 80 valence electrons. The lowest BCUT2D eigenvalue weighted by atomic mass is 10.0. The summed E-state index contributed by atoms with van der Waals surface area (Å²) >= 11 is 0. The topological polar surface area (TPSA) is 45.8 Å². The number of rotatable bonds is 4. The Morgan fingerprint density at radius 3 is 2.88 bits per heavy atom. The second-order valence-electron chi connectivity index (χ2n) is 3.36. The molecule has 0 radical (unpaired) electrons. The molecule has 2 aromatic rings. The molecular weight excluding hydrogens is 200 g/mol. The Morgan fingerprint density at radius 1 is 1.25 bits per heavy atom. The van der Waals surface area contributed by atoms with Crippen molar-refractivity contribution in [2.24, 2.45) is 0 Å². The van der Waals surface area contributed by atoms with Crippen LogP contribution in [0, 0.1) is 0 Å². The lowest BCUT2D eigenvalue weighted by Crippen LogP contribution is -1.83. The van der Waals surface area contributed by atoms with Crippen LogP contribution >= 0.6 is 0 Å². The maximum Gasteiger partial charge on any atom is 0.123 e. The predicted octanol–water partition coefficient (Wildman–Crippen LogP) is 2.68. The van der Waals surface area contributed by atoms with Crippen molar-refractivity contribution in [3.63, 3.8) is 0 Å². The Morgan fingerprint density at radius 2 is 2.12 bits per heavy atom. The number of aromatic amines is 1. The number of aromatic nitrogens is 2. The van der Waals surface area contributed by atoms with Gasteiger partial charge in [0, 0.05) is 18.2 Å². The third kappa shape index (κ3) is 2.25. The molecule has 1 aromatic carbocycles. The molecule has 0 atom stereocenters. The summed E-state index contributed by atoms with van der Waals surface area (Å²) in [7, 11) is 0. The normalized spacial score (nSPS) is 10.8. The molecule has 0 saturated heterocycles. The molecule has 0 saturated carbocycles. The lowest BCUT2D eigenvalue weighted by Gasteiger charge is -2.02. The smallest absolute Gasteiger partial charge is 0.123 e. The van der Waals surface area contributed by atoms with Crippen molar-refractivity contribution >= 4 is 12.4 Å². The summed E-state index contributed by atoms with van der Waals surface area (Å²) in [6, 6.07) is 9.91. The maximum absolute atomic E-state index is 10.2. The van der Waals surface area contributed by atoms with Crippen LogP contribution in [-0.4, -0.2) is 16.5 Å². The highest BCUT2D eigenvalue weighted by atomic mass is 16.1. The summed E-state index contributed by atoms with van der Waals surface area (Å²) in [4.78, 5) is 10.2. The van der Waals surface area contributed by atoms with Crippen molar-refractivity contribution in [3.05, 3.63) is 48.2 Å². The zero-order valence-corrected chi connectivity index (χ0v) is 8.76. The van der Waals surface area contributed by atoms with Crippen LogP contribution in [0.1, 0.15) is 12.0 Å². The Labute approximate surface area is 93.8 Å². The van der Waals surface area contributed by atoms with E-state index in [1.54, 1.807) is 6.20 Å². The summed E-state index contributed by atoms with van der Waals surface area (Å²) < 4.78 is 0. The summed E-state index contributed by atoms with van der Waals surface area (Å²) in [6.45, 7) is 0. The molecular formula is C13H12N2O. The van der Waals surface area contributed by atoms with Crippen LogP contribution in [0.25, 0.3) is 17.3 Å². The van der Waals surface area contributed by atoms with Crippen molar-refractivity contribution in [3.8, 4) is 11.3 Å². The average molecular weight is 212 g/mol. The number of benzene rings is 1. The summed E-state index contributed by atoms with van der Waals surface area (Å²) in [5, 5.41) is 6.86. The Kier molecular flexibility index (Phi) is 3.28. The minimum atomic E-state index is 0.442. The molecule has 0 amide bonds. The van der Waals surface area contributed by atoms with Gasteiger partial charge in [-0.3, -0.25) is 5.10 Å². The van der Waals surface area contributed by atoms with E-state index in [0.717, 1.165) is 23.1 Å². The highest BCUT2D eigenvalue weighted by Crippen LogP contribution is 2.22. The third-order valence-corrected chi connectivity index (χ3v) is 2.28. The fourth-order valence-corrected chi connectivity index (χ4v) is 1.54. The van der Waals surface area contributed by atoms with Crippen LogP contribution in [0.2, 0.25) is 0 Å². The number of hydrogen-bond donors (Lipinski definition) is 1. The van der Waals surface area contributed by atoms with Gasteiger partial charge in [-0.25, -0.2) is 0 Å². The Hall–Kier alpha value is -2.16. The zero-order chi connectivity index (χ0) is 11.2. The van der Waals surface area contributed by atoms with Crippen molar-refractivity contribution < 1.29 is 4.79 Å². The largest absolute Gasteiger partial charge is 0.303 e. The number of nitrogens with zero attached hydrogens (tertiary/aromatic N) is 1. The van der Waals surface area contributed by atoms with Gasteiger partial charge in [-0.1, -0.05) is 36.4 Å². The van der Waals surface area contributed by atoms with Crippen LogP contribution in [0.4, 0.5) is 0 Å². The zero-order valence-electron chi connectivity index (χ0n) is 8.76. The number of allylic oxidation sites excluding steroid dienone is 1. The molecule has 0 aliphatic carbocycles. The lowest BCUT2D eigenvalue weighted by molar-refractivity contribution is -0.107. The SMILES string of the molecule is O=CCC=Cc1ccccc1-c1ccn[nH]1. The first-order valence-corrected chi connectivity index (χ1v) is 5.11. The molecule has 0 aliphatic heterocycles. The fourth-order valence-electron chi connectivity index (χ4n) is 1.54. The molecule has 0 unspecified atom stereocenters. The molecule has 16 heavy (non-hydrogen) atoms. The van der Waals surface area contributed by atoms with Gasteiger partial charge < -0.3 is 4.79 Å². The molecule has 0 spiro atoms. The van der Waals surface area contributed by atoms with Crippen LogP contribution in [0.5, 0.6) is 0 Å². The quantitative estimate of drug-likeness (QED) is 0.792. The predicted molar refractivity (Wildman–Crippen MR) is 63.7 cm³/mol. The third-order valence-electron chi connectivity index (χ3n) is 2.28. The number of H-pyrrole nitrogens is 1. The van der Waals surface area contributed by atoms with Crippen LogP contribution in [-0.2, 0) is 4.79 Å². The van der Waals surface area contributed by atoms with Gasteiger partial charge in [0.05, 0.1) is 5.69 Å². The van der Waals surface area contributed by atoms with E-state index in [1.807, 2.05) is 42.5 Å². The van der Waals surface area contributed by atoms with E-state index in [-0.39, 0.29) is 0 Å². The number of hydrogen-bond acceptors (Lipinski definition) is 2. The minimum Gasteiger partial charge on any atom is -0.303 e. The van der Waals surface area contributed by atoms with Gasteiger partial charge in [0.25, 0.3) is 0 Å². The van der Waals surface area contributed by atoms with Gasteiger partial charge in [0.1, 0.15) is 6.29 Å². The summed E-state index contributed by atoms with van der Waals surface area (Å²) in [5.41, 5.74) is 3.14. The van der Waals surface area contributed by atoms with Crippen molar-refractivity contribution in [1.29, 1.82) is 0 Å². The first-order chi connectivity index (χ1) is 7.92. The fraction of sp³-hybridized carbons (Fsp3) is 0.0769. The van der Waals surface area contributed by atoms with E-state index in [1.165, 1.54) is 0 Å². The van der Waals surface area contributed by atoms with Gasteiger partial charge >= 0.3 is 0 Å². The molecule has 3 heteroatoms. The first-order valence-electron chi connectivity index (χ1n) is 5.11. The van der Waals surface area contributed by atoms with Gasteiger partial charge in [-0.05, 0) is 11.6 Å². The number of carbonyl (C=O) groups is 1. The Balaban J connectivity index is 2.35. The highest BCUT2D eigenvalue weighted by molar-refractivity contribution is 5.73. The molecule has 0 bridgehead atoms. The van der Waals surface area contributed by atoms with Crippen LogP contribution in [0.3, 0.4) is 0 Å². The molecule has 0 aliphatic rings. The molecule has 1 N–H and O–H groups in total. The van der Waals surface area contributed by atoms with E-state index in [9.17, 15) is 4.79 Å². The molecule has 3 nitrogen and oxygen atoms in total. The summed E-state index contributed by atoms with van der Waals surface area (Å²) in [5.74, 6) is 0. The van der Waals surface area contributed by atoms with E-state index in [2.05, 4.69) is 10.2 Å². The molecule has 1 aromatic heterocycles. The van der Waals surface area contributed by atoms with Crippen LogP contribution < -0.4 is 0 Å². The minimum absolute atomic E-state index is 0.442. The monoisotopic (exact) mass is 212 g/mol. The molecule has 0 fully saturated rings. The van der Waals surface area contributed by atoms with E-state index in [0.29, 0.717) is 6.42 Å². The average Bonchev–Trinajstić information content (AvgIpc) is 2.83. The van der Waals surface area contributed by atoms with Gasteiger partial charge in [0.15, 0.2) is 0 Å². The maximum atomic E-state index is 10.2. The van der Waals surface area contributed by atoms with Crippen molar-refractivity contribution in [2.45, 2.75) is 6.42 Å². The summed E-state index contributed by atoms with van der Waals surface area (Å²) in [6.07, 6.45) is 6.85. The van der Waals surface area contributed by atoms with E-state index in [4.69, 9.17) is 0 Å². The second kappa shape index (κ2) is 5.07. The van der Waals surface area contributed by atoms with E-state index >= 15 is 0 Å². The van der Waals surface area contributed by atoms with Gasteiger partial charge in [-0.2, -0.15) is 5.10 Å². The van der Waals surface area contributed by atoms with E-state index < -0.39 is 0 Å². The number of aldehydes is 1. The van der Waals surface area contributed by atoms with Gasteiger partial charge in [0.2, 0.25) is 0 Å². The highest BCUT2D eigenvalue weighted by Gasteiger charge is 2.02. The van der Waals surface area contributed by atoms with Gasteiger partial charge in [-0.15, -0.1) is 0 Å². The van der Waals surface area contributed by atoms with Crippen molar-refractivity contribution in [1.82, 2.24) is 10.2 Å². The number of carbonyl (C=O) groups excluding carboxylic acids is 1. The Bertz CT molecular complexity index is 486. The second-order valence-corrected chi connectivity index (χ2v) is 3.36. The molecule has 2 rings (SSSR count). The molecule has 1 heterocycles. The van der Waals surface area contributed by atoms with Crippen LogP contribution in [0.15, 0.2) is 42.6 Å². The number of nitrogens with one attached hydrogen (secondary N) is 1. The van der Waals surface area contributed by atoms with Crippen molar-refractivity contribution in [2.75, 3.05) is 0 Å².